The summed E-state index contributed by atoms with van der Waals surface area (Å²) in [6.07, 6.45) is 1.82. The minimum atomic E-state index is -3.53. The van der Waals surface area contributed by atoms with Crippen molar-refractivity contribution < 1.29 is 18.4 Å². The predicted octanol–water partition coefficient (Wildman–Crippen LogP) is 4.81. The van der Waals surface area contributed by atoms with Gasteiger partial charge in [-0.15, -0.1) is 0 Å². The van der Waals surface area contributed by atoms with Crippen molar-refractivity contribution in [2.24, 2.45) is 0 Å². The maximum atomic E-state index is 12.9. The summed E-state index contributed by atoms with van der Waals surface area (Å²) in [6, 6.07) is 19.0. The van der Waals surface area contributed by atoms with Gasteiger partial charge in [0.2, 0.25) is 0 Å². The minimum Gasteiger partial charge on any atom is -0.311 e. The summed E-state index contributed by atoms with van der Waals surface area (Å²) in [5.74, 6) is -0.121. The van der Waals surface area contributed by atoms with Gasteiger partial charge in [0, 0.05) is 20.6 Å². The number of rotatable bonds is 9. The zero-order valence-electron chi connectivity index (χ0n) is 14.1. The summed E-state index contributed by atoms with van der Waals surface area (Å²) in [7, 11) is -0.897. The van der Waals surface area contributed by atoms with Crippen LogP contribution in [0.3, 0.4) is 0 Å². The zero-order chi connectivity index (χ0) is 17.4. The lowest BCUT2D eigenvalue weighted by molar-refractivity contribution is -0.119. The van der Waals surface area contributed by atoms with Gasteiger partial charge < -0.3 is 9.05 Å². The van der Waals surface area contributed by atoms with Gasteiger partial charge in [0.05, 0.1) is 0 Å². The SMILES string of the molecule is COP(=O)(OC)C(C(=O)CCCc1ccccc1)c1ccccc1. The van der Waals surface area contributed by atoms with Crippen LogP contribution in [-0.4, -0.2) is 20.0 Å². The van der Waals surface area contributed by atoms with Crippen LogP contribution in [0, 0.1) is 0 Å². The molecular formula is C19H23O4P. The van der Waals surface area contributed by atoms with Gasteiger partial charge in [0.15, 0.2) is 5.78 Å². The Bertz CT molecular complexity index is 677. The van der Waals surface area contributed by atoms with Crippen molar-refractivity contribution in [2.45, 2.75) is 24.9 Å². The van der Waals surface area contributed by atoms with Crippen molar-refractivity contribution in [2.75, 3.05) is 14.2 Å². The van der Waals surface area contributed by atoms with E-state index >= 15 is 0 Å². The predicted molar refractivity (Wildman–Crippen MR) is 95.2 cm³/mol. The fourth-order valence-corrected chi connectivity index (χ4v) is 4.30. The molecule has 128 valence electrons. The Morgan fingerprint density at radius 1 is 0.958 bits per heavy atom. The third kappa shape index (κ3) is 4.64. The number of aryl methyl sites for hydroxylation is 1. The summed E-state index contributed by atoms with van der Waals surface area (Å²) in [5.41, 5.74) is 0.960. The lowest BCUT2D eigenvalue weighted by Crippen LogP contribution is -2.15. The third-order valence-corrected chi connectivity index (χ3v) is 6.21. The highest BCUT2D eigenvalue weighted by Crippen LogP contribution is 2.60. The Balaban J connectivity index is 2.12. The summed E-state index contributed by atoms with van der Waals surface area (Å²) in [6.45, 7) is 0. The Hall–Kier alpha value is -1.74. The normalized spacial score (nSPS) is 12.8. The van der Waals surface area contributed by atoms with E-state index in [9.17, 15) is 9.36 Å². The first-order chi connectivity index (χ1) is 11.6. The molecule has 0 saturated heterocycles. The molecule has 0 aliphatic rings. The molecular weight excluding hydrogens is 323 g/mol. The lowest BCUT2D eigenvalue weighted by atomic mass is 10.0. The number of carbonyl (C=O) groups is 1. The van der Waals surface area contributed by atoms with E-state index in [4.69, 9.17) is 9.05 Å². The number of hydrogen-bond donors (Lipinski definition) is 0. The molecule has 0 fully saturated rings. The summed E-state index contributed by atoms with van der Waals surface area (Å²) >= 11 is 0. The molecule has 0 amide bonds. The molecule has 0 saturated carbocycles. The average Bonchev–Trinajstić information content (AvgIpc) is 2.63. The van der Waals surface area contributed by atoms with Gasteiger partial charge in [-0.1, -0.05) is 60.7 Å². The van der Waals surface area contributed by atoms with Gasteiger partial charge in [-0.25, -0.2) is 0 Å². The molecule has 2 rings (SSSR count). The number of carbonyl (C=O) groups excluding carboxylic acids is 1. The lowest BCUT2D eigenvalue weighted by Gasteiger charge is -2.23. The monoisotopic (exact) mass is 346 g/mol. The standard InChI is InChI=1S/C19H23O4P/c1-22-24(21,23-2)19(17-13-7-4-8-14-17)18(20)15-9-12-16-10-5-3-6-11-16/h3-8,10-11,13-14,19H,9,12,15H2,1-2H3. The molecule has 0 aliphatic carbocycles. The van der Waals surface area contributed by atoms with E-state index in [-0.39, 0.29) is 5.78 Å². The van der Waals surface area contributed by atoms with Crippen LogP contribution in [0.2, 0.25) is 0 Å². The molecule has 0 bridgehead atoms. The number of benzene rings is 2. The van der Waals surface area contributed by atoms with Crippen LogP contribution in [0.5, 0.6) is 0 Å². The molecule has 24 heavy (non-hydrogen) atoms. The van der Waals surface area contributed by atoms with Gasteiger partial charge in [-0.2, -0.15) is 0 Å². The number of ketones is 1. The van der Waals surface area contributed by atoms with E-state index in [2.05, 4.69) is 0 Å². The Labute approximate surface area is 143 Å². The number of hydrogen-bond acceptors (Lipinski definition) is 4. The Morgan fingerprint density at radius 2 is 1.50 bits per heavy atom. The van der Waals surface area contributed by atoms with E-state index in [1.165, 1.54) is 19.8 Å². The van der Waals surface area contributed by atoms with Crippen LogP contribution in [0.25, 0.3) is 0 Å². The largest absolute Gasteiger partial charge is 0.344 e. The van der Waals surface area contributed by atoms with E-state index < -0.39 is 13.3 Å². The van der Waals surface area contributed by atoms with Crippen molar-refractivity contribution in [3.63, 3.8) is 0 Å². The maximum Gasteiger partial charge on any atom is 0.344 e. The molecule has 2 aromatic rings. The second-order valence-corrected chi connectivity index (χ2v) is 7.85. The van der Waals surface area contributed by atoms with Crippen molar-refractivity contribution in [1.29, 1.82) is 0 Å². The van der Waals surface area contributed by atoms with Crippen LogP contribution < -0.4 is 0 Å². The smallest absolute Gasteiger partial charge is 0.311 e. The average molecular weight is 346 g/mol. The van der Waals surface area contributed by atoms with Crippen LogP contribution in [0.15, 0.2) is 60.7 Å². The molecule has 0 heterocycles. The molecule has 0 aromatic heterocycles. The van der Waals surface area contributed by atoms with E-state index in [0.717, 1.165) is 6.42 Å². The van der Waals surface area contributed by atoms with Gasteiger partial charge >= 0.3 is 7.60 Å². The summed E-state index contributed by atoms with van der Waals surface area (Å²) in [4.78, 5) is 12.8. The van der Waals surface area contributed by atoms with Gasteiger partial charge in [0.1, 0.15) is 5.66 Å². The number of Topliss-reactive ketones (excluding diaryl/α,β-unsaturated/α-hetero) is 1. The molecule has 4 nitrogen and oxygen atoms in total. The summed E-state index contributed by atoms with van der Waals surface area (Å²) in [5, 5.41) is 0. The Kier molecular flexibility index (Phi) is 6.92. The fraction of sp³-hybridized carbons (Fsp3) is 0.316. The van der Waals surface area contributed by atoms with E-state index in [0.29, 0.717) is 18.4 Å². The highest BCUT2D eigenvalue weighted by molar-refractivity contribution is 7.55. The van der Waals surface area contributed by atoms with E-state index in [1.54, 1.807) is 12.1 Å². The van der Waals surface area contributed by atoms with Gasteiger partial charge in [-0.3, -0.25) is 9.36 Å². The van der Waals surface area contributed by atoms with E-state index in [1.807, 2.05) is 48.5 Å². The van der Waals surface area contributed by atoms with Crippen molar-refractivity contribution in [3.8, 4) is 0 Å². The van der Waals surface area contributed by atoms with Gasteiger partial charge in [-0.05, 0) is 24.0 Å². The maximum absolute atomic E-state index is 12.9. The Morgan fingerprint density at radius 3 is 2.04 bits per heavy atom. The molecule has 0 radical (unpaired) electrons. The molecule has 1 unspecified atom stereocenters. The first kappa shape index (κ1) is 18.6. The highest BCUT2D eigenvalue weighted by Gasteiger charge is 2.40. The molecule has 5 heteroatoms. The first-order valence-electron chi connectivity index (χ1n) is 7.93. The quantitative estimate of drug-likeness (QED) is 0.612. The molecule has 0 N–H and O–H groups in total. The topological polar surface area (TPSA) is 52.6 Å². The zero-order valence-corrected chi connectivity index (χ0v) is 14.9. The van der Waals surface area contributed by atoms with Crippen molar-refractivity contribution in [3.05, 3.63) is 71.8 Å². The second-order valence-electron chi connectivity index (χ2n) is 5.52. The van der Waals surface area contributed by atoms with Crippen LogP contribution in [-0.2, 0) is 24.8 Å². The van der Waals surface area contributed by atoms with Gasteiger partial charge in [0.25, 0.3) is 0 Å². The van der Waals surface area contributed by atoms with Crippen LogP contribution in [0.4, 0.5) is 0 Å². The summed E-state index contributed by atoms with van der Waals surface area (Å²) < 4.78 is 23.1. The molecule has 0 aliphatic heterocycles. The molecule has 1 atom stereocenters. The van der Waals surface area contributed by atoms with Crippen molar-refractivity contribution in [1.82, 2.24) is 0 Å². The highest BCUT2D eigenvalue weighted by atomic mass is 31.2. The van der Waals surface area contributed by atoms with Crippen LogP contribution >= 0.6 is 7.60 Å². The second kappa shape index (κ2) is 8.93. The minimum absolute atomic E-state index is 0.121. The fourth-order valence-electron chi connectivity index (χ4n) is 2.71. The molecule has 0 spiro atoms. The van der Waals surface area contributed by atoms with Crippen LogP contribution in [0.1, 0.15) is 29.6 Å². The molecule has 2 aromatic carbocycles. The first-order valence-corrected chi connectivity index (χ1v) is 9.54. The van der Waals surface area contributed by atoms with Crippen molar-refractivity contribution >= 4 is 13.4 Å². The third-order valence-electron chi connectivity index (χ3n) is 3.98.